The van der Waals surface area contributed by atoms with Crippen LogP contribution in [0.4, 0.5) is 4.39 Å². The van der Waals surface area contributed by atoms with Gasteiger partial charge in [-0.05, 0) is 24.3 Å². The van der Waals surface area contributed by atoms with Gasteiger partial charge in [0, 0.05) is 5.56 Å². The molecule has 0 fully saturated rings. The lowest BCUT2D eigenvalue weighted by molar-refractivity contribution is -0.672. The lowest BCUT2D eigenvalue weighted by Gasteiger charge is -1.98. The van der Waals surface area contributed by atoms with E-state index in [1.165, 1.54) is 24.3 Å². The van der Waals surface area contributed by atoms with E-state index >= 15 is 0 Å². The van der Waals surface area contributed by atoms with Crippen molar-refractivity contribution in [2.45, 2.75) is 0 Å². The Morgan fingerprint density at radius 3 is 2.44 bits per heavy atom. The van der Waals surface area contributed by atoms with Gasteiger partial charge < -0.3 is 0 Å². The van der Waals surface area contributed by atoms with Crippen LogP contribution in [0.15, 0.2) is 36.7 Å². The van der Waals surface area contributed by atoms with Gasteiger partial charge in [-0.2, -0.15) is 0 Å². The third kappa shape index (κ3) is 1.74. The van der Waals surface area contributed by atoms with Crippen molar-refractivity contribution in [3.63, 3.8) is 0 Å². The summed E-state index contributed by atoms with van der Waals surface area (Å²) in [4.78, 5) is 12.1. The maximum atomic E-state index is 12.7. The molecule has 0 saturated carbocycles. The number of carbonyl (C=O) groups excluding carboxylic acids is 1. The zero-order chi connectivity index (χ0) is 11.7. The quantitative estimate of drug-likeness (QED) is 0.551. The number of nitrogens with zero attached hydrogens (tertiary/aromatic N) is 2. The van der Waals surface area contributed by atoms with E-state index in [-0.39, 0.29) is 11.6 Å². The standard InChI is InChI=1S/C12H12FN2O/c1-14-7-8-15(2)12(14)11(16)9-3-5-10(13)6-4-9/h3-8H,1-2H3/q+1. The third-order valence-electron chi connectivity index (χ3n) is 2.49. The summed E-state index contributed by atoms with van der Waals surface area (Å²) in [5, 5.41) is 0. The van der Waals surface area contributed by atoms with E-state index < -0.39 is 0 Å². The molecule has 0 radical (unpaired) electrons. The van der Waals surface area contributed by atoms with Gasteiger partial charge in [-0.3, -0.25) is 4.79 Å². The van der Waals surface area contributed by atoms with Gasteiger partial charge >= 0.3 is 5.82 Å². The number of halogens is 1. The second kappa shape index (κ2) is 3.89. The topological polar surface area (TPSA) is 25.9 Å². The molecule has 3 nitrogen and oxygen atoms in total. The van der Waals surface area contributed by atoms with Crippen molar-refractivity contribution in [1.82, 2.24) is 4.57 Å². The molecule has 1 heterocycles. The number of aryl methyl sites for hydroxylation is 2. The van der Waals surface area contributed by atoms with Crippen LogP contribution in [0.2, 0.25) is 0 Å². The molecule has 0 aliphatic rings. The van der Waals surface area contributed by atoms with Gasteiger partial charge in [-0.15, -0.1) is 0 Å². The molecule has 4 heteroatoms. The van der Waals surface area contributed by atoms with Crippen LogP contribution in [0.3, 0.4) is 0 Å². The minimum atomic E-state index is -0.340. The zero-order valence-electron chi connectivity index (χ0n) is 9.14. The Hall–Kier alpha value is -1.97. The molecule has 1 aromatic heterocycles. The van der Waals surface area contributed by atoms with E-state index in [0.717, 1.165) is 0 Å². The van der Waals surface area contributed by atoms with Gasteiger partial charge in [0.05, 0.1) is 14.1 Å². The summed E-state index contributed by atoms with van der Waals surface area (Å²) in [6.45, 7) is 0. The maximum absolute atomic E-state index is 12.7. The molecule has 0 saturated heterocycles. The van der Waals surface area contributed by atoms with Gasteiger partial charge in [0.2, 0.25) is 0 Å². The molecule has 0 aliphatic carbocycles. The molecule has 0 N–H and O–H groups in total. The minimum absolute atomic E-state index is 0.116. The van der Waals surface area contributed by atoms with Crippen LogP contribution < -0.4 is 4.57 Å². The predicted octanol–water partition coefficient (Wildman–Crippen LogP) is 1.22. The highest BCUT2D eigenvalue weighted by Crippen LogP contribution is 2.07. The van der Waals surface area contributed by atoms with Crippen LogP contribution in [-0.2, 0) is 14.1 Å². The van der Waals surface area contributed by atoms with E-state index in [9.17, 15) is 9.18 Å². The summed E-state index contributed by atoms with van der Waals surface area (Å²) < 4.78 is 16.2. The van der Waals surface area contributed by atoms with E-state index in [2.05, 4.69) is 0 Å². The molecule has 0 unspecified atom stereocenters. The number of carbonyl (C=O) groups is 1. The lowest BCUT2D eigenvalue weighted by atomic mass is 10.1. The largest absolute Gasteiger partial charge is 0.330 e. The van der Waals surface area contributed by atoms with Crippen LogP contribution >= 0.6 is 0 Å². The first-order chi connectivity index (χ1) is 7.59. The molecule has 0 amide bonds. The van der Waals surface area contributed by atoms with Crippen LogP contribution in [0.25, 0.3) is 0 Å². The summed E-state index contributed by atoms with van der Waals surface area (Å²) in [6.07, 6.45) is 3.60. The minimum Gasteiger partial charge on any atom is -0.280 e. The molecule has 1 aromatic carbocycles. The number of imidazole rings is 1. The number of hydrogen-bond acceptors (Lipinski definition) is 1. The number of aromatic nitrogens is 2. The normalized spacial score (nSPS) is 10.4. The van der Waals surface area contributed by atoms with Crippen molar-refractivity contribution < 1.29 is 13.8 Å². The van der Waals surface area contributed by atoms with Crippen LogP contribution in [0.1, 0.15) is 16.2 Å². The van der Waals surface area contributed by atoms with Crippen molar-refractivity contribution in [3.05, 3.63) is 53.9 Å². The van der Waals surface area contributed by atoms with Gasteiger partial charge in [-0.25, -0.2) is 13.5 Å². The summed E-state index contributed by atoms with van der Waals surface area (Å²) in [5.41, 5.74) is 0.485. The van der Waals surface area contributed by atoms with Gasteiger partial charge in [0.15, 0.2) is 0 Å². The molecule has 0 aliphatic heterocycles. The smallest absolute Gasteiger partial charge is 0.280 e. The van der Waals surface area contributed by atoms with Gasteiger partial charge in [-0.1, -0.05) is 0 Å². The molecule has 2 aromatic rings. The summed E-state index contributed by atoms with van der Waals surface area (Å²) >= 11 is 0. The first-order valence-electron chi connectivity index (χ1n) is 4.91. The van der Waals surface area contributed by atoms with Crippen LogP contribution in [0, 0.1) is 5.82 Å². The van der Waals surface area contributed by atoms with Crippen molar-refractivity contribution in [2.24, 2.45) is 14.1 Å². The fourth-order valence-electron chi connectivity index (χ4n) is 1.64. The Balaban J connectivity index is 2.43. The van der Waals surface area contributed by atoms with E-state index in [4.69, 9.17) is 0 Å². The van der Waals surface area contributed by atoms with Gasteiger partial charge in [0.1, 0.15) is 18.2 Å². The predicted molar refractivity (Wildman–Crippen MR) is 56.4 cm³/mol. The fraction of sp³-hybridized carbons (Fsp3) is 0.167. The highest BCUT2D eigenvalue weighted by atomic mass is 19.1. The Labute approximate surface area is 92.8 Å². The Bertz CT molecular complexity index is 509. The highest BCUT2D eigenvalue weighted by Gasteiger charge is 2.22. The molecule has 82 valence electrons. The van der Waals surface area contributed by atoms with Crippen molar-refractivity contribution in [3.8, 4) is 0 Å². The first kappa shape index (κ1) is 10.5. The molecular weight excluding hydrogens is 207 g/mol. The summed E-state index contributed by atoms with van der Waals surface area (Å²) in [7, 11) is 3.60. The molecule has 0 spiro atoms. The molecule has 0 atom stereocenters. The Kier molecular flexibility index (Phi) is 2.56. The first-order valence-corrected chi connectivity index (χ1v) is 4.91. The number of rotatable bonds is 2. The average Bonchev–Trinajstić information content (AvgIpc) is 2.59. The average molecular weight is 219 g/mol. The summed E-state index contributed by atoms with van der Waals surface area (Å²) in [5.74, 6) is 0.106. The number of benzene rings is 1. The van der Waals surface area contributed by atoms with Crippen molar-refractivity contribution in [2.75, 3.05) is 0 Å². The zero-order valence-corrected chi connectivity index (χ0v) is 9.14. The SMILES string of the molecule is Cn1cc[n+](C)c1C(=O)c1ccc(F)cc1. The molecule has 0 bridgehead atoms. The molecule has 2 rings (SSSR count). The van der Waals surface area contributed by atoms with E-state index in [1.807, 2.05) is 0 Å². The Morgan fingerprint density at radius 1 is 1.31 bits per heavy atom. The number of ketones is 1. The lowest BCUT2D eigenvalue weighted by Crippen LogP contribution is -2.35. The van der Waals surface area contributed by atoms with Crippen LogP contribution in [0.5, 0.6) is 0 Å². The third-order valence-corrected chi connectivity index (χ3v) is 2.49. The van der Waals surface area contributed by atoms with E-state index in [0.29, 0.717) is 11.4 Å². The number of hydrogen-bond donors (Lipinski definition) is 0. The van der Waals surface area contributed by atoms with Gasteiger partial charge in [0.25, 0.3) is 5.78 Å². The van der Waals surface area contributed by atoms with Crippen LogP contribution in [-0.4, -0.2) is 10.4 Å². The summed E-state index contributed by atoms with van der Waals surface area (Å²) in [6, 6.07) is 5.56. The highest BCUT2D eigenvalue weighted by molar-refractivity contribution is 6.05. The fourth-order valence-corrected chi connectivity index (χ4v) is 1.64. The van der Waals surface area contributed by atoms with E-state index in [1.54, 1.807) is 35.6 Å². The monoisotopic (exact) mass is 219 g/mol. The van der Waals surface area contributed by atoms with Crippen molar-refractivity contribution >= 4 is 5.78 Å². The second-order valence-electron chi connectivity index (χ2n) is 3.68. The maximum Gasteiger partial charge on any atom is 0.330 e. The Morgan fingerprint density at radius 2 is 1.94 bits per heavy atom. The van der Waals surface area contributed by atoms with Crippen molar-refractivity contribution in [1.29, 1.82) is 0 Å². The molecular formula is C12H12FN2O+. The molecule has 16 heavy (non-hydrogen) atoms. The second-order valence-corrected chi connectivity index (χ2v) is 3.68.